The molecule has 0 rings (SSSR count). The summed E-state index contributed by atoms with van der Waals surface area (Å²) in [6.45, 7) is 11.8. The maximum absolute atomic E-state index is 13.0. The smallest absolute Gasteiger partial charge is 0.462 e. The molecule has 0 aliphatic heterocycles. The van der Waals surface area contributed by atoms with Crippen LogP contribution in [0.3, 0.4) is 0 Å². The van der Waals surface area contributed by atoms with Crippen molar-refractivity contribution in [1.29, 1.82) is 0 Å². The topological polar surface area (TPSA) is 237 Å². The van der Waals surface area contributed by atoms with E-state index in [0.717, 1.165) is 108 Å². The third-order valence-corrected chi connectivity index (χ3v) is 18.3. The van der Waals surface area contributed by atoms with E-state index in [9.17, 15) is 43.2 Å². The highest BCUT2D eigenvalue weighted by molar-refractivity contribution is 7.47. The van der Waals surface area contributed by atoms with Gasteiger partial charge in [0.15, 0.2) is 12.2 Å². The van der Waals surface area contributed by atoms with E-state index < -0.39 is 97.5 Å². The molecule has 19 heteroatoms. The van der Waals surface area contributed by atoms with Crippen LogP contribution in [-0.4, -0.2) is 96.7 Å². The second kappa shape index (κ2) is 61.9. The summed E-state index contributed by atoms with van der Waals surface area (Å²) in [4.78, 5) is 72.6. The van der Waals surface area contributed by atoms with Gasteiger partial charge >= 0.3 is 39.5 Å². The number of aliphatic hydroxyl groups excluding tert-OH is 1. The van der Waals surface area contributed by atoms with Crippen LogP contribution in [0, 0.1) is 17.8 Å². The third kappa shape index (κ3) is 64.8. The highest BCUT2D eigenvalue weighted by Crippen LogP contribution is 2.45. The van der Waals surface area contributed by atoms with Gasteiger partial charge in [0.1, 0.15) is 19.3 Å². The molecule has 3 N–H and O–H groups in total. The molecule has 0 fully saturated rings. The van der Waals surface area contributed by atoms with E-state index in [-0.39, 0.29) is 25.7 Å². The fourth-order valence-corrected chi connectivity index (χ4v) is 12.3. The largest absolute Gasteiger partial charge is 0.472 e. The molecule has 0 aliphatic carbocycles. The average Bonchev–Trinajstić information content (AvgIpc) is 2.83. The lowest BCUT2D eigenvalue weighted by atomic mass is 10.0. The average molecular weight is 1330 g/mol. The number of carbonyl (C=O) groups is 4. The molecule has 0 saturated carbocycles. The third-order valence-electron chi connectivity index (χ3n) is 16.4. The first-order valence-corrected chi connectivity index (χ1v) is 39.8. The van der Waals surface area contributed by atoms with Gasteiger partial charge in [0.2, 0.25) is 0 Å². The molecule has 0 saturated heterocycles. The minimum atomic E-state index is -4.95. The van der Waals surface area contributed by atoms with Gasteiger partial charge in [0.05, 0.1) is 26.4 Å². The number of hydrogen-bond donors (Lipinski definition) is 3. The number of unbranched alkanes of at least 4 members (excludes halogenated alkanes) is 37. The zero-order chi connectivity index (χ0) is 66.6. The first-order chi connectivity index (χ1) is 43.2. The van der Waals surface area contributed by atoms with Crippen LogP contribution >= 0.6 is 15.6 Å². The number of rotatable bonds is 69. The Balaban J connectivity index is 5.26. The van der Waals surface area contributed by atoms with E-state index in [0.29, 0.717) is 31.6 Å². The zero-order valence-corrected chi connectivity index (χ0v) is 60.4. The second-order valence-electron chi connectivity index (χ2n) is 27.1. The molecule has 0 amide bonds. The van der Waals surface area contributed by atoms with Crippen LogP contribution in [0.1, 0.15) is 357 Å². The zero-order valence-electron chi connectivity index (χ0n) is 58.6. The minimum Gasteiger partial charge on any atom is -0.462 e. The van der Waals surface area contributed by atoms with Crippen molar-refractivity contribution in [2.24, 2.45) is 17.8 Å². The number of phosphoric acid groups is 2. The molecule has 0 aromatic carbocycles. The first kappa shape index (κ1) is 88.1. The Kier molecular flexibility index (Phi) is 60.6. The Morgan fingerprint density at radius 1 is 0.300 bits per heavy atom. The van der Waals surface area contributed by atoms with Gasteiger partial charge in [-0.1, -0.05) is 305 Å². The van der Waals surface area contributed by atoms with Gasteiger partial charge < -0.3 is 33.8 Å². The maximum atomic E-state index is 13.0. The molecule has 0 radical (unpaired) electrons. The number of phosphoric ester groups is 2. The van der Waals surface area contributed by atoms with Crippen molar-refractivity contribution in [2.45, 2.75) is 375 Å². The van der Waals surface area contributed by atoms with E-state index in [4.69, 9.17) is 37.0 Å². The van der Waals surface area contributed by atoms with Crippen molar-refractivity contribution in [3.05, 3.63) is 0 Å². The molecule has 90 heavy (non-hydrogen) atoms. The molecule has 2 unspecified atom stereocenters. The molecular weight excluding hydrogens is 1190 g/mol. The van der Waals surface area contributed by atoms with E-state index in [2.05, 4.69) is 48.5 Å². The van der Waals surface area contributed by atoms with E-state index >= 15 is 0 Å². The molecular formula is C71H138O17P2. The van der Waals surface area contributed by atoms with Crippen LogP contribution in [0.25, 0.3) is 0 Å². The quantitative estimate of drug-likeness (QED) is 0.0222. The fourth-order valence-electron chi connectivity index (χ4n) is 10.7. The van der Waals surface area contributed by atoms with Crippen LogP contribution in [0.15, 0.2) is 0 Å². The van der Waals surface area contributed by atoms with Crippen molar-refractivity contribution in [3.63, 3.8) is 0 Å². The monoisotopic (exact) mass is 1320 g/mol. The molecule has 0 aromatic heterocycles. The van der Waals surface area contributed by atoms with E-state index in [1.165, 1.54) is 161 Å². The highest BCUT2D eigenvalue weighted by atomic mass is 31.2. The van der Waals surface area contributed by atoms with Gasteiger partial charge in [-0.05, 0) is 43.4 Å². The SMILES string of the molecule is CCCCCCCCCCCCCCCCCC(=O)O[C@H](COC(=O)CCCCCCCCCCCCC(C)C)COP(=O)(O)OC[C@@H](O)COP(=O)(O)OC[C@@H](COC(=O)CCCCCCCCCC(C)C)OC(=O)CCCCCCCCCCCC(C)C. The number of hydrogen-bond acceptors (Lipinski definition) is 15. The van der Waals surface area contributed by atoms with Crippen LogP contribution < -0.4 is 0 Å². The standard InChI is InChI=1S/C71H138O17P2/c1-8-9-10-11-12-13-14-15-16-17-18-25-32-40-47-54-70(75)87-66(58-81-68(73)52-45-38-31-24-20-19-22-28-35-42-49-62(2)3)60-85-89(77,78)83-56-65(72)57-84-90(79,80)86-61-67(59-82-69(74)53-46-39-34-27-30-37-44-51-64(6)7)88-71(76)55-48-41-33-26-21-23-29-36-43-50-63(4)5/h62-67,72H,8-61H2,1-7H3,(H,77,78)(H,79,80)/t65-,66-,67-/m1/s1. The van der Waals surface area contributed by atoms with Crippen molar-refractivity contribution in [3.8, 4) is 0 Å². The summed E-state index contributed by atoms with van der Waals surface area (Å²) in [5, 5.41) is 10.6. The summed E-state index contributed by atoms with van der Waals surface area (Å²) in [7, 11) is -9.90. The van der Waals surface area contributed by atoms with Gasteiger partial charge in [-0.3, -0.25) is 37.3 Å². The summed E-state index contributed by atoms with van der Waals surface area (Å²) in [6.07, 6.45) is 45.8. The second-order valence-corrected chi connectivity index (χ2v) is 30.0. The van der Waals surface area contributed by atoms with Crippen LogP contribution in [0.5, 0.6) is 0 Å². The van der Waals surface area contributed by atoms with Gasteiger partial charge in [-0.15, -0.1) is 0 Å². The highest BCUT2D eigenvalue weighted by Gasteiger charge is 2.30. The van der Waals surface area contributed by atoms with Crippen molar-refractivity contribution >= 4 is 39.5 Å². The number of aliphatic hydroxyl groups is 1. The summed E-state index contributed by atoms with van der Waals surface area (Å²) < 4.78 is 68.3. The van der Waals surface area contributed by atoms with Gasteiger partial charge in [-0.2, -0.15) is 0 Å². The molecule has 534 valence electrons. The van der Waals surface area contributed by atoms with Gasteiger partial charge in [0.25, 0.3) is 0 Å². The number of carbonyl (C=O) groups excluding carboxylic acids is 4. The summed E-state index contributed by atoms with van der Waals surface area (Å²) in [5.41, 5.74) is 0. The van der Waals surface area contributed by atoms with Crippen molar-refractivity contribution in [2.75, 3.05) is 39.6 Å². The summed E-state index contributed by atoms with van der Waals surface area (Å²) in [5.74, 6) is 0.0749. The molecule has 5 atom stereocenters. The lowest BCUT2D eigenvalue weighted by molar-refractivity contribution is -0.161. The van der Waals surface area contributed by atoms with Crippen LogP contribution in [-0.2, 0) is 65.4 Å². The number of esters is 4. The molecule has 0 aliphatic rings. The first-order valence-electron chi connectivity index (χ1n) is 36.8. The normalized spacial score (nSPS) is 14.2. The van der Waals surface area contributed by atoms with Gasteiger partial charge in [0, 0.05) is 25.7 Å². The van der Waals surface area contributed by atoms with Crippen LogP contribution in [0.2, 0.25) is 0 Å². The van der Waals surface area contributed by atoms with Crippen molar-refractivity contribution < 1.29 is 80.2 Å². The van der Waals surface area contributed by atoms with Crippen molar-refractivity contribution in [1.82, 2.24) is 0 Å². The maximum Gasteiger partial charge on any atom is 0.472 e. The van der Waals surface area contributed by atoms with Crippen LogP contribution in [0.4, 0.5) is 0 Å². The fraction of sp³-hybridized carbons (Fsp3) is 0.944. The Morgan fingerprint density at radius 3 is 0.756 bits per heavy atom. The molecule has 0 spiro atoms. The summed E-state index contributed by atoms with van der Waals surface area (Å²) >= 11 is 0. The minimum absolute atomic E-state index is 0.104. The molecule has 17 nitrogen and oxygen atoms in total. The Bertz CT molecular complexity index is 1770. The van der Waals surface area contributed by atoms with E-state index in [1.54, 1.807) is 0 Å². The Hall–Kier alpha value is -1.94. The molecule has 0 heterocycles. The number of ether oxygens (including phenoxy) is 4. The summed E-state index contributed by atoms with van der Waals surface area (Å²) in [6, 6.07) is 0. The Morgan fingerprint density at radius 2 is 0.511 bits per heavy atom. The lowest BCUT2D eigenvalue weighted by Gasteiger charge is -2.21. The Labute approximate surface area is 549 Å². The van der Waals surface area contributed by atoms with E-state index in [1.807, 2.05) is 0 Å². The lowest BCUT2D eigenvalue weighted by Crippen LogP contribution is -2.30. The molecule has 0 bridgehead atoms. The molecule has 0 aromatic rings. The predicted octanol–water partition coefficient (Wildman–Crippen LogP) is 20.2. The predicted molar refractivity (Wildman–Crippen MR) is 363 cm³/mol. The van der Waals surface area contributed by atoms with Gasteiger partial charge in [-0.25, -0.2) is 9.13 Å².